The summed E-state index contributed by atoms with van der Waals surface area (Å²) in [7, 11) is 0. The third-order valence-corrected chi connectivity index (χ3v) is 5.10. The lowest BCUT2D eigenvalue weighted by atomic mass is 9.97. The first-order valence-corrected chi connectivity index (χ1v) is 8.98. The summed E-state index contributed by atoms with van der Waals surface area (Å²) in [4.78, 5) is 4.18. The molecule has 0 saturated carbocycles. The minimum absolute atomic E-state index is 0.0582. The highest BCUT2D eigenvalue weighted by atomic mass is 35.5. The Morgan fingerprint density at radius 1 is 1.07 bits per heavy atom. The number of nitrogens with zero attached hydrogens (tertiary/aromatic N) is 4. The molecule has 0 radical (unpaired) electrons. The van der Waals surface area contributed by atoms with E-state index in [4.69, 9.17) is 11.6 Å². The number of aliphatic hydroxyl groups is 1. The topological polar surface area (TPSA) is 63.3 Å². The molecule has 2 aromatic carbocycles. The largest absolute Gasteiger partial charge is 0.417 e. The minimum atomic E-state index is -4.82. The predicted molar refractivity (Wildman–Crippen MR) is 97.9 cm³/mol. The minimum Gasteiger partial charge on any atom is -0.394 e. The van der Waals surface area contributed by atoms with Gasteiger partial charge in [-0.2, -0.15) is 13.2 Å². The van der Waals surface area contributed by atoms with Crippen molar-refractivity contribution in [2.75, 3.05) is 6.61 Å². The Labute approximate surface area is 171 Å². The van der Waals surface area contributed by atoms with Crippen molar-refractivity contribution < 1.29 is 27.1 Å². The Morgan fingerprint density at radius 2 is 1.73 bits per heavy atom. The number of aromatic nitrogens is 3. The third-order valence-electron chi connectivity index (χ3n) is 4.71. The third kappa shape index (κ3) is 3.07. The molecule has 0 unspecified atom stereocenters. The summed E-state index contributed by atoms with van der Waals surface area (Å²) in [5, 5.41) is 16.9. The van der Waals surface area contributed by atoms with Crippen LogP contribution in [0.4, 0.5) is 22.0 Å². The highest BCUT2D eigenvalue weighted by Gasteiger charge is 2.38. The van der Waals surface area contributed by atoms with E-state index in [0.717, 1.165) is 30.3 Å². The lowest BCUT2D eigenvalue weighted by Crippen LogP contribution is -2.16. The van der Waals surface area contributed by atoms with Crippen molar-refractivity contribution in [2.24, 2.45) is 4.99 Å². The molecule has 156 valence electrons. The normalized spacial score (nSPS) is 16.0. The van der Waals surface area contributed by atoms with Crippen LogP contribution in [0.5, 0.6) is 0 Å². The molecule has 1 aromatic heterocycles. The SMILES string of the molecule is Cc1nnc2n1-c1ccc(C(F)(F)F)c(Cl)c1C(c1c(F)cccc1F)=N[C@H]2CO. The Morgan fingerprint density at radius 3 is 2.33 bits per heavy atom. The van der Waals surface area contributed by atoms with E-state index in [1.807, 2.05) is 0 Å². The highest BCUT2D eigenvalue weighted by Crippen LogP contribution is 2.42. The Bertz CT molecular complexity index is 1170. The Balaban J connectivity index is 2.17. The average molecular weight is 443 g/mol. The first kappa shape index (κ1) is 20.4. The molecule has 1 aliphatic heterocycles. The molecule has 2 heterocycles. The number of fused-ring (bicyclic) bond motifs is 3. The number of alkyl halides is 3. The molecule has 0 amide bonds. The smallest absolute Gasteiger partial charge is 0.394 e. The van der Waals surface area contributed by atoms with Crippen LogP contribution in [0.1, 0.15) is 34.4 Å². The van der Waals surface area contributed by atoms with Crippen molar-refractivity contribution in [1.29, 1.82) is 0 Å². The standard InChI is InChI=1S/C19H12ClF5N4O/c1-8-27-28-18-12(7-30)26-17(14-10(21)3-2-4-11(14)22)15-13(29(8)18)6-5-9(16(15)20)19(23,24)25/h2-6,12,30H,7H2,1H3/t12-/m0/s1. The fourth-order valence-electron chi connectivity index (χ4n) is 3.40. The second-order valence-electron chi connectivity index (χ2n) is 6.53. The van der Waals surface area contributed by atoms with E-state index in [-0.39, 0.29) is 22.9 Å². The van der Waals surface area contributed by atoms with Crippen molar-refractivity contribution >= 4 is 17.3 Å². The molecule has 30 heavy (non-hydrogen) atoms. The van der Waals surface area contributed by atoms with Gasteiger partial charge in [-0.25, -0.2) is 8.78 Å². The lowest BCUT2D eigenvalue weighted by molar-refractivity contribution is -0.137. The van der Waals surface area contributed by atoms with Crippen LogP contribution in [-0.2, 0) is 6.18 Å². The van der Waals surface area contributed by atoms with Crippen LogP contribution in [0.25, 0.3) is 5.69 Å². The fourth-order valence-corrected chi connectivity index (χ4v) is 3.76. The molecule has 0 spiro atoms. The van der Waals surface area contributed by atoms with E-state index in [0.29, 0.717) is 0 Å². The molecular formula is C19H12ClF5N4O. The zero-order chi connectivity index (χ0) is 21.8. The van der Waals surface area contributed by atoms with Crippen LogP contribution >= 0.6 is 11.6 Å². The van der Waals surface area contributed by atoms with Gasteiger partial charge in [-0.05, 0) is 31.2 Å². The number of halogens is 6. The predicted octanol–water partition coefficient (Wildman–Crippen LogP) is 4.41. The molecule has 1 N–H and O–H groups in total. The number of hydrogen-bond donors (Lipinski definition) is 1. The first-order chi connectivity index (χ1) is 14.1. The van der Waals surface area contributed by atoms with Crippen molar-refractivity contribution in [3.63, 3.8) is 0 Å². The van der Waals surface area contributed by atoms with E-state index < -0.39 is 52.3 Å². The van der Waals surface area contributed by atoms with Crippen molar-refractivity contribution in [1.82, 2.24) is 14.8 Å². The van der Waals surface area contributed by atoms with Gasteiger partial charge in [0.25, 0.3) is 0 Å². The number of aryl methyl sites for hydroxylation is 1. The van der Waals surface area contributed by atoms with Crippen molar-refractivity contribution in [2.45, 2.75) is 19.1 Å². The number of benzene rings is 2. The van der Waals surface area contributed by atoms with E-state index in [1.165, 1.54) is 11.5 Å². The maximum absolute atomic E-state index is 14.6. The van der Waals surface area contributed by atoms with Gasteiger partial charge in [-0.3, -0.25) is 9.56 Å². The summed E-state index contributed by atoms with van der Waals surface area (Å²) in [6, 6.07) is 3.75. The molecule has 0 fully saturated rings. The maximum atomic E-state index is 14.6. The van der Waals surface area contributed by atoms with Gasteiger partial charge in [0.1, 0.15) is 23.5 Å². The number of aliphatic imine (C=N–C) groups is 1. The number of aliphatic hydroxyl groups excluding tert-OH is 1. The Kier molecular flexibility index (Phi) is 4.86. The van der Waals surface area contributed by atoms with Crippen LogP contribution in [0, 0.1) is 18.6 Å². The van der Waals surface area contributed by atoms with Crippen LogP contribution in [0.15, 0.2) is 35.3 Å². The monoisotopic (exact) mass is 442 g/mol. The zero-order valence-corrected chi connectivity index (χ0v) is 15.9. The van der Waals surface area contributed by atoms with Gasteiger partial charge in [0.05, 0.1) is 34.2 Å². The van der Waals surface area contributed by atoms with Gasteiger partial charge in [0.15, 0.2) is 5.82 Å². The van der Waals surface area contributed by atoms with Gasteiger partial charge < -0.3 is 5.11 Å². The average Bonchev–Trinajstić information content (AvgIpc) is 2.97. The molecule has 1 aliphatic rings. The molecule has 0 saturated heterocycles. The molecule has 0 aliphatic carbocycles. The summed E-state index contributed by atoms with van der Waals surface area (Å²) < 4.78 is 71.1. The second-order valence-corrected chi connectivity index (χ2v) is 6.91. The summed E-state index contributed by atoms with van der Waals surface area (Å²) in [6.45, 7) is 0.907. The first-order valence-electron chi connectivity index (χ1n) is 8.60. The summed E-state index contributed by atoms with van der Waals surface area (Å²) in [5.74, 6) is -1.72. The molecule has 3 aromatic rings. The maximum Gasteiger partial charge on any atom is 0.417 e. The van der Waals surface area contributed by atoms with Gasteiger partial charge in [0.2, 0.25) is 0 Å². The van der Waals surface area contributed by atoms with Gasteiger partial charge in [0, 0.05) is 5.56 Å². The van der Waals surface area contributed by atoms with Crippen LogP contribution in [-0.4, -0.2) is 32.2 Å². The van der Waals surface area contributed by atoms with Crippen LogP contribution in [0.3, 0.4) is 0 Å². The van der Waals surface area contributed by atoms with Gasteiger partial charge >= 0.3 is 6.18 Å². The molecule has 11 heteroatoms. The van der Waals surface area contributed by atoms with E-state index in [2.05, 4.69) is 15.2 Å². The summed E-state index contributed by atoms with van der Waals surface area (Å²) in [6.07, 6.45) is -4.82. The van der Waals surface area contributed by atoms with Gasteiger partial charge in [-0.1, -0.05) is 17.7 Å². The molecular weight excluding hydrogens is 431 g/mol. The molecule has 5 nitrogen and oxygen atoms in total. The lowest BCUT2D eigenvalue weighted by Gasteiger charge is -2.18. The zero-order valence-electron chi connectivity index (χ0n) is 15.2. The summed E-state index contributed by atoms with van der Waals surface area (Å²) in [5.41, 5.74) is -2.59. The van der Waals surface area contributed by atoms with E-state index in [1.54, 1.807) is 0 Å². The van der Waals surface area contributed by atoms with Crippen molar-refractivity contribution in [3.8, 4) is 5.69 Å². The van der Waals surface area contributed by atoms with Crippen molar-refractivity contribution in [3.05, 3.63) is 75.3 Å². The number of hydrogen-bond acceptors (Lipinski definition) is 4. The van der Waals surface area contributed by atoms with E-state index >= 15 is 0 Å². The molecule has 1 atom stereocenters. The highest BCUT2D eigenvalue weighted by molar-refractivity contribution is 6.37. The van der Waals surface area contributed by atoms with Crippen LogP contribution < -0.4 is 0 Å². The van der Waals surface area contributed by atoms with Crippen LogP contribution in [0.2, 0.25) is 5.02 Å². The summed E-state index contributed by atoms with van der Waals surface area (Å²) >= 11 is 6.15. The second kappa shape index (κ2) is 7.13. The fraction of sp³-hybridized carbons (Fsp3) is 0.211. The Hall–Kier alpha value is -2.85. The quantitative estimate of drug-likeness (QED) is 0.598. The van der Waals surface area contributed by atoms with Gasteiger partial charge in [-0.15, -0.1) is 10.2 Å². The number of rotatable bonds is 2. The molecule has 0 bridgehead atoms. The van der Waals surface area contributed by atoms with E-state index in [9.17, 15) is 27.1 Å². The molecule has 4 rings (SSSR count).